The molecule has 0 aromatic heterocycles. The Morgan fingerprint density at radius 1 is 1.19 bits per heavy atom. The van der Waals surface area contributed by atoms with E-state index in [1.807, 2.05) is 19.1 Å². The van der Waals surface area contributed by atoms with Crippen molar-refractivity contribution in [3.63, 3.8) is 0 Å². The van der Waals surface area contributed by atoms with Gasteiger partial charge in [-0.2, -0.15) is 0 Å². The van der Waals surface area contributed by atoms with Gasteiger partial charge in [0.25, 0.3) is 5.69 Å². The fourth-order valence-corrected chi connectivity index (χ4v) is 2.10. The second-order valence-electron chi connectivity index (χ2n) is 5.35. The highest BCUT2D eigenvalue weighted by Gasteiger charge is 2.13. The standard InChI is InChI=1S/C17H19NO3/c1-12(2)14-9-8-13(3)17(10-14)21-11-15-6-4-5-7-16(15)18(19)20/h4-10,12H,11H2,1-3H3. The van der Waals surface area contributed by atoms with Crippen molar-refractivity contribution in [3.8, 4) is 5.75 Å². The second-order valence-corrected chi connectivity index (χ2v) is 5.35. The van der Waals surface area contributed by atoms with Crippen LogP contribution in [0.25, 0.3) is 0 Å². The zero-order chi connectivity index (χ0) is 15.4. The summed E-state index contributed by atoms with van der Waals surface area (Å²) in [5.41, 5.74) is 2.89. The first kappa shape index (κ1) is 15.0. The van der Waals surface area contributed by atoms with Gasteiger partial charge in [-0.15, -0.1) is 0 Å². The van der Waals surface area contributed by atoms with Crippen molar-refractivity contribution in [1.82, 2.24) is 0 Å². The Bertz CT molecular complexity index is 650. The van der Waals surface area contributed by atoms with E-state index in [1.54, 1.807) is 18.2 Å². The summed E-state index contributed by atoms with van der Waals surface area (Å²) in [4.78, 5) is 10.6. The molecule has 0 aliphatic rings. The van der Waals surface area contributed by atoms with E-state index in [2.05, 4.69) is 19.9 Å². The van der Waals surface area contributed by atoms with Crippen molar-refractivity contribution in [2.24, 2.45) is 0 Å². The zero-order valence-corrected chi connectivity index (χ0v) is 12.5. The van der Waals surface area contributed by atoms with Crippen molar-refractivity contribution in [1.29, 1.82) is 0 Å². The van der Waals surface area contributed by atoms with Crippen LogP contribution in [0, 0.1) is 17.0 Å². The molecule has 0 saturated carbocycles. The van der Waals surface area contributed by atoms with Gasteiger partial charge >= 0.3 is 0 Å². The predicted molar refractivity (Wildman–Crippen MR) is 82.7 cm³/mol. The van der Waals surface area contributed by atoms with Crippen LogP contribution in [0.15, 0.2) is 42.5 Å². The molecule has 2 rings (SSSR count). The number of nitrogens with zero attached hydrogens (tertiary/aromatic N) is 1. The smallest absolute Gasteiger partial charge is 0.276 e. The fraction of sp³-hybridized carbons (Fsp3) is 0.294. The van der Waals surface area contributed by atoms with Gasteiger partial charge in [0.2, 0.25) is 0 Å². The minimum absolute atomic E-state index is 0.0927. The van der Waals surface area contributed by atoms with E-state index in [1.165, 1.54) is 11.6 Å². The number of para-hydroxylation sites is 1. The highest BCUT2D eigenvalue weighted by Crippen LogP contribution is 2.26. The van der Waals surface area contributed by atoms with E-state index in [0.29, 0.717) is 11.5 Å². The molecule has 0 N–H and O–H groups in total. The summed E-state index contributed by atoms with van der Waals surface area (Å²) in [6, 6.07) is 12.8. The van der Waals surface area contributed by atoms with Crippen molar-refractivity contribution in [2.75, 3.05) is 0 Å². The van der Waals surface area contributed by atoms with Crippen LogP contribution in [-0.2, 0) is 6.61 Å². The molecule has 0 aliphatic carbocycles. The topological polar surface area (TPSA) is 52.4 Å². The molecule has 4 nitrogen and oxygen atoms in total. The third-order valence-electron chi connectivity index (χ3n) is 3.45. The maximum Gasteiger partial charge on any atom is 0.276 e. The Balaban J connectivity index is 2.20. The molecule has 110 valence electrons. The van der Waals surface area contributed by atoms with E-state index in [9.17, 15) is 10.1 Å². The van der Waals surface area contributed by atoms with Gasteiger partial charge < -0.3 is 4.74 Å². The number of hydrogen-bond acceptors (Lipinski definition) is 3. The number of nitro groups is 1. The lowest BCUT2D eigenvalue weighted by Gasteiger charge is -2.13. The quantitative estimate of drug-likeness (QED) is 0.595. The predicted octanol–water partition coefficient (Wildman–Crippen LogP) is 4.61. The summed E-state index contributed by atoms with van der Waals surface area (Å²) < 4.78 is 5.80. The van der Waals surface area contributed by atoms with E-state index >= 15 is 0 Å². The van der Waals surface area contributed by atoms with E-state index < -0.39 is 0 Å². The Labute approximate surface area is 124 Å². The van der Waals surface area contributed by atoms with Crippen LogP contribution < -0.4 is 4.74 Å². The van der Waals surface area contributed by atoms with Crippen molar-refractivity contribution in [2.45, 2.75) is 33.3 Å². The molecule has 2 aromatic rings. The Morgan fingerprint density at radius 2 is 1.90 bits per heavy atom. The van der Waals surface area contributed by atoms with E-state index in [4.69, 9.17) is 4.74 Å². The molecule has 0 heterocycles. The average Bonchev–Trinajstić information content (AvgIpc) is 2.46. The van der Waals surface area contributed by atoms with E-state index in [-0.39, 0.29) is 17.2 Å². The molecule has 0 saturated heterocycles. The molecule has 4 heteroatoms. The third-order valence-corrected chi connectivity index (χ3v) is 3.45. The Morgan fingerprint density at radius 3 is 2.57 bits per heavy atom. The molecule has 0 bridgehead atoms. The van der Waals surface area contributed by atoms with Gasteiger partial charge in [-0.05, 0) is 36.1 Å². The molecule has 0 radical (unpaired) electrons. The third kappa shape index (κ3) is 3.60. The molecule has 2 aromatic carbocycles. The molecule has 0 spiro atoms. The number of hydrogen-bond donors (Lipinski definition) is 0. The summed E-state index contributed by atoms with van der Waals surface area (Å²) in [5.74, 6) is 1.19. The van der Waals surface area contributed by atoms with Gasteiger partial charge in [0.05, 0.1) is 10.5 Å². The number of benzene rings is 2. The van der Waals surface area contributed by atoms with Crippen molar-refractivity contribution < 1.29 is 9.66 Å². The molecule has 0 fully saturated rings. The lowest BCUT2D eigenvalue weighted by atomic mass is 10.0. The van der Waals surface area contributed by atoms with Gasteiger partial charge in [-0.25, -0.2) is 0 Å². The van der Waals surface area contributed by atoms with Gasteiger partial charge in [0.15, 0.2) is 0 Å². The maximum atomic E-state index is 11.0. The lowest BCUT2D eigenvalue weighted by molar-refractivity contribution is -0.385. The zero-order valence-electron chi connectivity index (χ0n) is 12.5. The van der Waals surface area contributed by atoms with Crippen LogP contribution in [0.3, 0.4) is 0 Å². The van der Waals surface area contributed by atoms with Gasteiger partial charge in [-0.3, -0.25) is 10.1 Å². The number of rotatable bonds is 5. The summed E-state index contributed by atoms with van der Waals surface area (Å²) in [6.45, 7) is 6.41. The minimum Gasteiger partial charge on any atom is -0.488 e. The average molecular weight is 285 g/mol. The first-order valence-electron chi connectivity index (χ1n) is 6.94. The van der Waals surface area contributed by atoms with Crippen LogP contribution in [0.1, 0.15) is 36.5 Å². The van der Waals surface area contributed by atoms with Crippen LogP contribution in [0.2, 0.25) is 0 Å². The van der Waals surface area contributed by atoms with E-state index in [0.717, 1.165) is 11.3 Å². The number of ether oxygens (including phenoxy) is 1. The van der Waals surface area contributed by atoms with Gasteiger partial charge in [0.1, 0.15) is 12.4 Å². The van der Waals surface area contributed by atoms with Crippen LogP contribution >= 0.6 is 0 Å². The number of nitro benzene ring substituents is 1. The maximum absolute atomic E-state index is 11.0. The van der Waals surface area contributed by atoms with Crippen LogP contribution in [-0.4, -0.2) is 4.92 Å². The summed E-state index contributed by atoms with van der Waals surface area (Å²) in [6.07, 6.45) is 0. The summed E-state index contributed by atoms with van der Waals surface area (Å²) >= 11 is 0. The highest BCUT2D eigenvalue weighted by atomic mass is 16.6. The Hall–Kier alpha value is -2.36. The summed E-state index contributed by atoms with van der Waals surface area (Å²) in [5, 5.41) is 11.0. The lowest BCUT2D eigenvalue weighted by Crippen LogP contribution is -2.02. The molecule has 0 atom stereocenters. The molecule has 0 amide bonds. The molecule has 0 aliphatic heterocycles. The largest absolute Gasteiger partial charge is 0.488 e. The highest BCUT2D eigenvalue weighted by molar-refractivity contribution is 5.41. The van der Waals surface area contributed by atoms with Crippen molar-refractivity contribution >= 4 is 5.69 Å². The van der Waals surface area contributed by atoms with Gasteiger partial charge in [-0.1, -0.05) is 38.1 Å². The Kier molecular flexibility index (Phi) is 4.58. The molecular weight excluding hydrogens is 266 g/mol. The van der Waals surface area contributed by atoms with Crippen LogP contribution in [0.5, 0.6) is 5.75 Å². The first-order valence-corrected chi connectivity index (χ1v) is 6.94. The normalized spacial score (nSPS) is 10.7. The van der Waals surface area contributed by atoms with Gasteiger partial charge in [0, 0.05) is 6.07 Å². The molecule has 21 heavy (non-hydrogen) atoms. The number of aryl methyl sites for hydroxylation is 1. The second kappa shape index (κ2) is 6.39. The molecular formula is C17H19NO3. The fourth-order valence-electron chi connectivity index (χ4n) is 2.10. The van der Waals surface area contributed by atoms with Crippen molar-refractivity contribution in [3.05, 3.63) is 69.3 Å². The van der Waals surface area contributed by atoms with Crippen LogP contribution in [0.4, 0.5) is 5.69 Å². The SMILES string of the molecule is Cc1ccc(C(C)C)cc1OCc1ccccc1[N+](=O)[O-]. The summed E-state index contributed by atoms with van der Waals surface area (Å²) in [7, 11) is 0. The first-order chi connectivity index (χ1) is 9.99. The monoisotopic (exact) mass is 285 g/mol. The molecule has 0 unspecified atom stereocenters. The minimum atomic E-state index is -0.379.